The van der Waals surface area contributed by atoms with Gasteiger partial charge in [0, 0.05) is 6.61 Å². The molecule has 0 radical (unpaired) electrons. The lowest BCUT2D eigenvalue weighted by molar-refractivity contribution is -0.0897. The Morgan fingerprint density at radius 1 is 1.30 bits per heavy atom. The molecule has 112 valence electrons. The van der Waals surface area contributed by atoms with Crippen LogP contribution in [0, 0.1) is 0 Å². The van der Waals surface area contributed by atoms with Crippen LogP contribution in [-0.4, -0.2) is 25.9 Å². The van der Waals surface area contributed by atoms with Crippen LogP contribution in [-0.2, 0) is 4.74 Å². The monoisotopic (exact) mass is 277 g/mol. The number of methoxy groups -OCH3 is 1. The van der Waals surface area contributed by atoms with Gasteiger partial charge in [0.2, 0.25) is 0 Å². The Morgan fingerprint density at radius 3 is 2.60 bits per heavy atom. The summed E-state index contributed by atoms with van der Waals surface area (Å²) >= 11 is 0. The maximum absolute atomic E-state index is 6.14. The van der Waals surface area contributed by atoms with Crippen LogP contribution < -0.4 is 10.1 Å². The smallest absolute Gasteiger partial charge is 0.118 e. The summed E-state index contributed by atoms with van der Waals surface area (Å²) in [5.41, 5.74) is 1.17. The lowest BCUT2D eigenvalue weighted by Gasteiger charge is -2.41. The molecule has 1 saturated heterocycles. The van der Waals surface area contributed by atoms with Crippen LogP contribution >= 0.6 is 0 Å². The first kappa shape index (κ1) is 15.3. The molecule has 2 rings (SSSR count). The van der Waals surface area contributed by atoms with E-state index >= 15 is 0 Å². The molecule has 1 heterocycles. The molecule has 20 heavy (non-hydrogen) atoms. The Hall–Kier alpha value is -1.06. The highest BCUT2D eigenvalue weighted by Crippen LogP contribution is 2.37. The maximum Gasteiger partial charge on any atom is 0.118 e. The molecule has 0 saturated carbocycles. The highest BCUT2D eigenvalue weighted by atomic mass is 16.5. The number of nitrogens with one attached hydrogen (secondary N) is 1. The predicted molar refractivity (Wildman–Crippen MR) is 82.2 cm³/mol. The van der Waals surface area contributed by atoms with Gasteiger partial charge in [0.1, 0.15) is 5.75 Å². The van der Waals surface area contributed by atoms with Crippen LogP contribution in [0.15, 0.2) is 24.3 Å². The van der Waals surface area contributed by atoms with Crippen molar-refractivity contribution in [2.75, 3.05) is 20.3 Å². The molecule has 1 aliphatic heterocycles. The minimum Gasteiger partial charge on any atom is -0.497 e. The third kappa shape index (κ3) is 3.53. The van der Waals surface area contributed by atoms with E-state index in [2.05, 4.69) is 31.3 Å². The van der Waals surface area contributed by atoms with E-state index in [0.717, 1.165) is 31.7 Å². The highest BCUT2D eigenvalue weighted by Gasteiger charge is 2.37. The predicted octanol–water partition coefficient (Wildman–Crippen LogP) is 3.70. The second-order valence-corrected chi connectivity index (χ2v) is 5.78. The van der Waals surface area contributed by atoms with E-state index in [9.17, 15) is 0 Å². The summed E-state index contributed by atoms with van der Waals surface area (Å²) in [4.78, 5) is 0. The average molecular weight is 277 g/mol. The fraction of sp³-hybridized carbons (Fsp3) is 0.647. The quantitative estimate of drug-likeness (QED) is 0.860. The molecule has 2 unspecified atom stereocenters. The Morgan fingerprint density at radius 2 is 2.05 bits per heavy atom. The summed E-state index contributed by atoms with van der Waals surface area (Å²) in [7, 11) is 1.70. The summed E-state index contributed by atoms with van der Waals surface area (Å²) in [5.74, 6) is 0.901. The highest BCUT2D eigenvalue weighted by molar-refractivity contribution is 5.30. The molecule has 0 aliphatic carbocycles. The minimum atomic E-state index is -0.109. The summed E-state index contributed by atoms with van der Waals surface area (Å²) in [6.07, 6.45) is 4.67. The van der Waals surface area contributed by atoms with Gasteiger partial charge in [-0.05, 0) is 56.8 Å². The fourth-order valence-electron chi connectivity index (χ4n) is 2.95. The number of hydrogen-bond acceptors (Lipinski definition) is 3. The van der Waals surface area contributed by atoms with Gasteiger partial charge in [0.25, 0.3) is 0 Å². The normalized spacial score (nSPS) is 24.4. The van der Waals surface area contributed by atoms with Crippen molar-refractivity contribution in [2.45, 2.75) is 51.2 Å². The van der Waals surface area contributed by atoms with Gasteiger partial charge in [-0.2, -0.15) is 0 Å². The Labute approximate surface area is 122 Å². The molecule has 0 spiro atoms. The van der Waals surface area contributed by atoms with Gasteiger partial charge in [0.15, 0.2) is 0 Å². The van der Waals surface area contributed by atoms with Gasteiger partial charge in [-0.15, -0.1) is 0 Å². The SMILES string of the molecule is CCCNC(c1ccc(OC)cc1)C1(C)CCCCO1. The number of benzene rings is 1. The number of rotatable bonds is 6. The lowest BCUT2D eigenvalue weighted by atomic mass is 9.84. The molecule has 0 aromatic heterocycles. The van der Waals surface area contributed by atoms with Gasteiger partial charge < -0.3 is 14.8 Å². The molecule has 3 nitrogen and oxygen atoms in total. The van der Waals surface area contributed by atoms with Gasteiger partial charge in [-0.3, -0.25) is 0 Å². The molecule has 0 bridgehead atoms. The summed E-state index contributed by atoms with van der Waals surface area (Å²) in [6, 6.07) is 8.60. The van der Waals surface area contributed by atoms with Crippen molar-refractivity contribution in [3.05, 3.63) is 29.8 Å². The third-order valence-corrected chi connectivity index (χ3v) is 4.16. The number of hydrogen-bond donors (Lipinski definition) is 1. The second-order valence-electron chi connectivity index (χ2n) is 5.78. The first-order valence-corrected chi connectivity index (χ1v) is 7.71. The molecule has 1 aromatic rings. The van der Waals surface area contributed by atoms with Crippen molar-refractivity contribution in [1.82, 2.24) is 5.32 Å². The van der Waals surface area contributed by atoms with Crippen molar-refractivity contribution in [2.24, 2.45) is 0 Å². The van der Waals surface area contributed by atoms with Crippen molar-refractivity contribution in [3.63, 3.8) is 0 Å². The van der Waals surface area contributed by atoms with Crippen molar-refractivity contribution in [1.29, 1.82) is 0 Å². The summed E-state index contributed by atoms with van der Waals surface area (Å²) in [5, 5.41) is 3.67. The van der Waals surface area contributed by atoms with Crippen LogP contribution in [0.5, 0.6) is 5.75 Å². The second kappa shape index (κ2) is 7.09. The van der Waals surface area contributed by atoms with Crippen LogP contribution in [0.3, 0.4) is 0 Å². The molecule has 0 amide bonds. The average Bonchev–Trinajstić information content (AvgIpc) is 2.49. The van der Waals surface area contributed by atoms with Crippen molar-refractivity contribution in [3.8, 4) is 5.75 Å². The van der Waals surface area contributed by atoms with E-state index in [1.807, 2.05) is 12.1 Å². The molecular weight excluding hydrogens is 250 g/mol. The molecule has 1 aliphatic rings. The molecule has 1 N–H and O–H groups in total. The lowest BCUT2D eigenvalue weighted by Crippen LogP contribution is -2.46. The van der Waals surface area contributed by atoms with E-state index in [4.69, 9.17) is 9.47 Å². The van der Waals surface area contributed by atoms with E-state index in [0.29, 0.717) is 0 Å². The topological polar surface area (TPSA) is 30.5 Å². The first-order chi connectivity index (χ1) is 9.69. The summed E-state index contributed by atoms with van der Waals surface area (Å²) < 4.78 is 11.4. The standard InChI is InChI=1S/C17H27NO2/c1-4-12-18-16(17(2)11-5-6-13-20-17)14-7-9-15(19-3)10-8-14/h7-10,16,18H,4-6,11-13H2,1-3H3. The largest absolute Gasteiger partial charge is 0.497 e. The van der Waals surface area contributed by atoms with Crippen molar-refractivity contribution < 1.29 is 9.47 Å². The first-order valence-electron chi connectivity index (χ1n) is 7.71. The zero-order chi connectivity index (χ0) is 14.4. The van der Waals surface area contributed by atoms with Crippen LogP contribution in [0.4, 0.5) is 0 Å². The molecule has 2 atom stereocenters. The van der Waals surface area contributed by atoms with Gasteiger partial charge in [-0.1, -0.05) is 19.1 Å². The minimum absolute atomic E-state index is 0.109. The van der Waals surface area contributed by atoms with Crippen LogP contribution in [0.1, 0.15) is 51.1 Å². The fourth-order valence-corrected chi connectivity index (χ4v) is 2.95. The van der Waals surface area contributed by atoms with Gasteiger partial charge in [-0.25, -0.2) is 0 Å². The van der Waals surface area contributed by atoms with Crippen LogP contribution in [0.25, 0.3) is 0 Å². The Bertz CT molecular complexity index is 396. The van der Waals surface area contributed by atoms with Crippen molar-refractivity contribution >= 4 is 0 Å². The van der Waals surface area contributed by atoms with E-state index < -0.39 is 0 Å². The van der Waals surface area contributed by atoms with E-state index in [-0.39, 0.29) is 11.6 Å². The molecular formula is C17H27NO2. The zero-order valence-electron chi connectivity index (χ0n) is 12.9. The molecule has 1 aromatic carbocycles. The van der Waals surface area contributed by atoms with Gasteiger partial charge in [0.05, 0.1) is 18.8 Å². The zero-order valence-corrected chi connectivity index (χ0v) is 12.9. The third-order valence-electron chi connectivity index (χ3n) is 4.16. The Kier molecular flexibility index (Phi) is 5.44. The molecule has 1 fully saturated rings. The summed E-state index contributed by atoms with van der Waals surface area (Å²) in [6.45, 7) is 6.32. The Balaban J connectivity index is 2.20. The van der Waals surface area contributed by atoms with E-state index in [1.54, 1.807) is 7.11 Å². The van der Waals surface area contributed by atoms with E-state index in [1.165, 1.54) is 18.4 Å². The van der Waals surface area contributed by atoms with Gasteiger partial charge >= 0.3 is 0 Å². The molecule has 3 heteroatoms. The number of ether oxygens (including phenoxy) is 2. The van der Waals surface area contributed by atoms with Crippen LogP contribution in [0.2, 0.25) is 0 Å². The maximum atomic E-state index is 6.14.